The van der Waals surface area contributed by atoms with Gasteiger partial charge in [-0.05, 0) is 19.4 Å². The lowest BCUT2D eigenvalue weighted by Gasteiger charge is -2.04. The highest BCUT2D eigenvalue weighted by molar-refractivity contribution is 6.34. The summed E-state index contributed by atoms with van der Waals surface area (Å²) in [5, 5.41) is 11.6. The van der Waals surface area contributed by atoms with Crippen LogP contribution in [-0.2, 0) is 13.6 Å². The number of hydrogen-bond acceptors (Lipinski definition) is 3. The number of nitrogens with zero attached hydrogens (tertiary/aromatic N) is 4. The zero-order valence-electron chi connectivity index (χ0n) is 13.7. The van der Waals surface area contributed by atoms with Crippen molar-refractivity contribution in [3.8, 4) is 0 Å². The van der Waals surface area contributed by atoms with Crippen molar-refractivity contribution in [3.05, 3.63) is 64.2 Å². The molecule has 0 aliphatic carbocycles. The minimum absolute atomic E-state index is 0.307. The smallest absolute Gasteiger partial charge is 0.275 e. The van der Waals surface area contributed by atoms with Crippen LogP contribution in [0.25, 0.3) is 0 Å². The van der Waals surface area contributed by atoms with E-state index in [0.29, 0.717) is 28.6 Å². The van der Waals surface area contributed by atoms with Crippen molar-refractivity contribution in [2.45, 2.75) is 20.4 Å². The summed E-state index contributed by atoms with van der Waals surface area (Å²) in [6.45, 7) is 4.46. The highest BCUT2D eigenvalue weighted by Crippen LogP contribution is 2.20. The van der Waals surface area contributed by atoms with Gasteiger partial charge in [0.25, 0.3) is 5.91 Å². The lowest BCUT2D eigenvalue weighted by atomic mass is 10.1. The predicted octanol–water partition coefficient (Wildman–Crippen LogP) is 3.19. The maximum atomic E-state index is 12.4. The molecule has 0 spiro atoms. The van der Waals surface area contributed by atoms with Crippen LogP contribution < -0.4 is 5.32 Å². The molecule has 0 aliphatic rings. The highest BCUT2D eigenvalue weighted by atomic mass is 35.5. The maximum absolute atomic E-state index is 12.4. The first-order valence-electron chi connectivity index (χ1n) is 7.52. The lowest BCUT2D eigenvalue weighted by Crippen LogP contribution is -2.16. The number of carbonyl (C=O) groups is 1. The summed E-state index contributed by atoms with van der Waals surface area (Å²) >= 11 is 6.14. The van der Waals surface area contributed by atoms with Crippen molar-refractivity contribution in [2.75, 3.05) is 5.32 Å². The fourth-order valence-electron chi connectivity index (χ4n) is 2.58. The Hall–Kier alpha value is -2.60. The van der Waals surface area contributed by atoms with E-state index >= 15 is 0 Å². The van der Waals surface area contributed by atoms with Gasteiger partial charge in [-0.15, -0.1) is 0 Å². The molecule has 0 bridgehead atoms. The average molecular weight is 344 g/mol. The van der Waals surface area contributed by atoms with Crippen molar-refractivity contribution < 1.29 is 4.79 Å². The number of hydrogen-bond donors (Lipinski definition) is 1. The van der Waals surface area contributed by atoms with E-state index in [0.717, 1.165) is 5.56 Å². The minimum Gasteiger partial charge on any atom is -0.318 e. The second kappa shape index (κ2) is 6.49. The number of aromatic nitrogens is 4. The lowest BCUT2D eigenvalue weighted by molar-refractivity contribution is 0.101. The molecule has 0 saturated heterocycles. The Labute approximate surface area is 145 Å². The number of anilines is 1. The Bertz CT molecular complexity index is 896. The summed E-state index contributed by atoms with van der Waals surface area (Å²) in [5.41, 5.74) is 3.93. The molecule has 7 heteroatoms. The summed E-state index contributed by atoms with van der Waals surface area (Å²) in [5.74, 6) is -0.307. The molecular formula is C17H18ClN5O. The number of benzene rings is 1. The van der Waals surface area contributed by atoms with E-state index in [2.05, 4.69) is 34.6 Å². The molecule has 1 aromatic carbocycles. The summed E-state index contributed by atoms with van der Waals surface area (Å²) in [6.07, 6.45) is 3.40. The third-order valence-electron chi connectivity index (χ3n) is 3.68. The molecule has 0 radical (unpaired) electrons. The third kappa shape index (κ3) is 3.33. The quantitative estimate of drug-likeness (QED) is 0.791. The molecule has 3 aromatic rings. The van der Waals surface area contributed by atoms with Crippen molar-refractivity contribution in [1.82, 2.24) is 19.6 Å². The van der Waals surface area contributed by atoms with E-state index in [-0.39, 0.29) is 5.91 Å². The van der Waals surface area contributed by atoms with E-state index < -0.39 is 0 Å². The highest BCUT2D eigenvalue weighted by Gasteiger charge is 2.19. The minimum atomic E-state index is -0.307. The number of amides is 1. The van der Waals surface area contributed by atoms with Gasteiger partial charge in [0.05, 0.1) is 29.1 Å². The number of carbonyl (C=O) groups excluding carboxylic acids is 1. The molecule has 2 aromatic heterocycles. The fraction of sp³-hybridized carbons (Fsp3) is 0.235. The summed E-state index contributed by atoms with van der Waals surface area (Å²) < 4.78 is 3.25. The van der Waals surface area contributed by atoms with Crippen LogP contribution in [-0.4, -0.2) is 25.5 Å². The number of nitrogens with one attached hydrogen (secondary N) is 1. The van der Waals surface area contributed by atoms with Crippen LogP contribution in [0.1, 0.15) is 27.3 Å². The first kappa shape index (κ1) is 16.3. The molecule has 3 rings (SSSR count). The van der Waals surface area contributed by atoms with Crippen molar-refractivity contribution in [2.24, 2.45) is 7.05 Å². The second-order valence-electron chi connectivity index (χ2n) is 5.74. The van der Waals surface area contributed by atoms with E-state index in [9.17, 15) is 4.79 Å². The molecule has 0 atom stereocenters. The van der Waals surface area contributed by atoms with Crippen molar-refractivity contribution >= 4 is 23.2 Å². The fourth-order valence-corrected chi connectivity index (χ4v) is 2.83. The molecule has 24 heavy (non-hydrogen) atoms. The molecule has 0 saturated carbocycles. The Morgan fingerprint density at radius 2 is 2.12 bits per heavy atom. The van der Waals surface area contributed by atoms with Crippen LogP contribution in [0.3, 0.4) is 0 Å². The first-order chi connectivity index (χ1) is 11.4. The molecule has 1 N–H and O–H groups in total. The third-order valence-corrected chi connectivity index (χ3v) is 4.13. The Balaban J connectivity index is 1.73. The molecule has 0 fully saturated rings. The Morgan fingerprint density at radius 3 is 2.79 bits per heavy atom. The van der Waals surface area contributed by atoms with Crippen molar-refractivity contribution in [1.29, 1.82) is 0 Å². The van der Waals surface area contributed by atoms with Gasteiger partial charge in [-0.3, -0.25) is 14.2 Å². The van der Waals surface area contributed by atoms with Gasteiger partial charge < -0.3 is 5.32 Å². The predicted molar refractivity (Wildman–Crippen MR) is 93.4 cm³/mol. The van der Waals surface area contributed by atoms with Crippen molar-refractivity contribution in [3.63, 3.8) is 0 Å². The van der Waals surface area contributed by atoms with E-state index in [1.165, 1.54) is 10.2 Å². The molecule has 124 valence electrons. The van der Waals surface area contributed by atoms with E-state index in [1.54, 1.807) is 31.0 Å². The van der Waals surface area contributed by atoms with Gasteiger partial charge in [0, 0.05) is 13.2 Å². The largest absolute Gasteiger partial charge is 0.318 e. The summed E-state index contributed by atoms with van der Waals surface area (Å²) in [6, 6.07) is 8.23. The van der Waals surface area contributed by atoms with Gasteiger partial charge in [-0.25, -0.2) is 0 Å². The molecule has 0 unspecified atom stereocenters. The monoisotopic (exact) mass is 343 g/mol. The van der Waals surface area contributed by atoms with Gasteiger partial charge in [-0.2, -0.15) is 10.2 Å². The molecule has 6 nitrogen and oxygen atoms in total. The topological polar surface area (TPSA) is 64.7 Å². The van der Waals surface area contributed by atoms with Gasteiger partial charge in [0.1, 0.15) is 5.69 Å². The van der Waals surface area contributed by atoms with Crippen LogP contribution in [0.2, 0.25) is 5.02 Å². The van der Waals surface area contributed by atoms with E-state index in [1.807, 2.05) is 12.1 Å². The van der Waals surface area contributed by atoms with Crippen LogP contribution in [0.4, 0.5) is 5.69 Å². The van der Waals surface area contributed by atoms with Crippen LogP contribution in [0, 0.1) is 13.8 Å². The van der Waals surface area contributed by atoms with Crippen LogP contribution >= 0.6 is 11.6 Å². The number of aryl methyl sites for hydroxylation is 3. The number of rotatable bonds is 4. The molecule has 1 amide bonds. The maximum Gasteiger partial charge on any atom is 0.275 e. The van der Waals surface area contributed by atoms with Gasteiger partial charge in [0.2, 0.25) is 0 Å². The SMILES string of the molecule is Cc1cccc(Cn2cc(NC(=O)c3c(Cl)c(C)nn3C)cn2)c1. The van der Waals surface area contributed by atoms with Crippen LogP contribution in [0.5, 0.6) is 0 Å². The standard InChI is InChI=1S/C17H18ClN5O/c1-11-5-4-6-13(7-11)9-23-10-14(8-19-23)20-17(24)16-15(18)12(2)21-22(16)3/h4-8,10H,9H2,1-3H3,(H,20,24). The van der Waals surface area contributed by atoms with Gasteiger partial charge in [-0.1, -0.05) is 41.4 Å². The Kier molecular flexibility index (Phi) is 4.40. The zero-order chi connectivity index (χ0) is 17.3. The molecule has 0 aliphatic heterocycles. The zero-order valence-corrected chi connectivity index (χ0v) is 14.5. The van der Waals surface area contributed by atoms with E-state index in [4.69, 9.17) is 11.6 Å². The molecule has 2 heterocycles. The normalized spacial score (nSPS) is 10.8. The second-order valence-corrected chi connectivity index (χ2v) is 6.12. The summed E-state index contributed by atoms with van der Waals surface area (Å²) in [7, 11) is 1.69. The molecular weight excluding hydrogens is 326 g/mol. The number of halogens is 1. The summed E-state index contributed by atoms with van der Waals surface area (Å²) in [4.78, 5) is 12.4. The van der Waals surface area contributed by atoms with Crippen LogP contribution in [0.15, 0.2) is 36.7 Å². The Morgan fingerprint density at radius 1 is 1.33 bits per heavy atom. The van der Waals surface area contributed by atoms with Gasteiger partial charge >= 0.3 is 0 Å². The first-order valence-corrected chi connectivity index (χ1v) is 7.90. The van der Waals surface area contributed by atoms with Gasteiger partial charge in [0.15, 0.2) is 0 Å². The average Bonchev–Trinajstić information content (AvgIpc) is 3.04.